The van der Waals surface area contributed by atoms with Gasteiger partial charge < -0.3 is 5.32 Å². The van der Waals surface area contributed by atoms with Gasteiger partial charge in [0.05, 0.1) is 0 Å². The third kappa shape index (κ3) is 3.63. The van der Waals surface area contributed by atoms with Crippen molar-refractivity contribution in [1.29, 1.82) is 0 Å². The van der Waals surface area contributed by atoms with Gasteiger partial charge >= 0.3 is 0 Å². The van der Waals surface area contributed by atoms with Gasteiger partial charge in [0.2, 0.25) is 0 Å². The highest BCUT2D eigenvalue weighted by Gasteiger charge is 2.21. The lowest BCUT2D eigenvalue weighted by molar-refractivity contribution is 0.508. The molecule has 1 N–H and O–H groups in total. The summed E-state index contributed by atoms with van der Waals surface area (Å²) in [6, 6.07) is 8.67. The molecule has 0 aliphatic heterocycles. The summed E-state index contributed by atoms with van der Waals surface area (Å²) in [4.78, 5) is 0. The maximum absolute atomic E-state index is 3.60. The molecule has 0 radical (unpaired) electrons. The summed E-state index contributed by atoms with van der Waals surface area (Å²) in [6.45, 7) is 11.2. The van der Waals surface area contributed by atoms with Gasteiger partial charge in [-0.1, -0.05) is 58.9 Å². The molecule has 0 bridgehead atoms. The Morgan fingerprint density at radius 2 is 1.83 bits per heavy atom. The van der Waals surface area contributed by atoms with E-state index in [4.69, 9.17) is 0 Å². The van der Waals surface area contributed by atoms with Crippen LogP contribution in [-0.2, 0) is 5.41 Å². The Kier molecular flexibility index (Phi) is 5.46. The van der Waals surface area contributed by atoms with Gasteiger partial charge in [-0.15, -0.1) is 0 Å². The second-order valence-corrected chi connectivity index (χ2v) is 5.40. The zero-order valence-electron chi connectivity index (χ0n) is 12.5. The quantitative estimate of drug-likeness (QED) is 0.698. The lowest BCUT2D eigenvalue weighted by Crippen LogP contribution is -2.18. The van der Waals surface area contributed by atoms with Crippen LogP contribution < -0.4 is 5.32 Å². The van der Waals surface area contributed by atoms with Gasteiger partial charge in [0, 0.05) is 11.4 Å². The van der Waals surface area contributed by atoms with Crippen LogP contribution in [0.25, 0.3) is 0 Å². The van der Waals surface area contributed by atoms with Crippen LogP contribution in [0.1, 0.15) is 59.4 Å². The molecule has 0 aliphatic rings. The molecule has 0 amide bonds. The molecule has 0 atom stereocenters. The zero-order chi connectivity index (χ0) is 13.6. The molecule has 0 fully saturated rings. The molecule has 0 aromatic heterocycles. The molecular weight excluding hydrogens is 218 g/mol. The largest absolute Gasteiger partial charge is 0.359 e. The predicted molar refractivity (Wildman–Crippen MR) is 82.0 cm³/mol. The monoisotopic (exact) mass is 245 g/mol. The summed E-state index contributed by atoms with van der Waals surface area (Å²) in [6.07, 6.45) is 5.55. The number of allylic oxidation sites excluding steroid dienone is 2. The fourth-order valence-corrected chi connectivity index (χ4v) is 2.08. The summed E-state index contributed by atoms with van der Waals surface area (Å²) in [5, 5.41) is 3.60. The van der Waals surface area contributed by atoms with Gasteiger partial charge in [-0.05, 0) is 36.3 Å². The van der Waals surface area contributed by atoms with E-state index in [2.05, 4.69) is 70.3 Å². The second-order valence-electron chi connectivity index (χ2n) is 5.40. The normalized spacial score (nSPS) is 12.6. The number of hydrogen-bond donors (Lipinski definition) is 1. The molecule has 0 unspecified atom stereocenters. The van der Waals surface area contributed by atoms with Crippen molar-refractivity contribution in [1.82, 2.24) is 0 Å². The Hall–Kier alpha value is -1.24. The van der Waals surface area contributed by atoms with Gasteiger partial charge in [-0.25, -0.2) is 0 Å². The van der Waals surface area contributed by atoms with E-state index < -0.39 is 0 Å². The summed E-state index contributed by atoms with van der Waals surface area (Å²) < 4.78 is 0. The topological polar surface area (TPSA) is 12.0 Å². The summed E-state index contributed by atoms with van der Waals surface area (Å²) in [7, 11) is 0. The van der Waals surface area contributed by atoms with Crippen LogP contribution in [0, 0.1) is 0 Å². The number of hydrogen-bond acceptors (Lipinski definition) is 1. The molecule has 1 nitrogen and oxygen atoms in total. The van der Waals surface area contributed by atoms with E-state index in [0.717, 1.165) is 19.3 Å². The Morgan fingerprint density at radius 3 is 2.39 bits per heavy atom. The first kappa shape index (κ1) is 14.8. The molecule has 0 spiro atoms. The van der Waals surface area contributed by atoms with Crippen LogP contribution in [0.4, 0.5) is 5.69 Å². The third-order valence-corrected chi connectivity index (χ3v) is 3.67. The fraction of sp³-hybridized carbons (Fsp3) is 0.529. The molecular formula is C17H27N. The number of anilines is 1. The van der Waals surface area contributed by atoms with E-state index in [1.54, 1.807) is 0 Å². The van der Waals surface area contributed by atoms with Crippen LogP contribution in [0.15, 0.2) is 36.0 Å². The Balaban J connectivity index is 3.06. The van der Waals surface area contributed by atoms with Crippen LogP contribution >= 0.6 is 0 Å². The molecule has 1 rings (SSSR count). The molecule has 0 saturated carbocycles. The molecule has 100 valence electrons. The van der Waals surface area contributed by atoms with E-state index in [9.17, 15) is 0 Å². The average molecular weight is 245 g/mol. The highest BCUT2D eigenvalue weighted by atomic mass is 14.9. The Bertz CT molecular complexity index is 402. The Labute approximate surface area is 112 Å². The van der Waals surface area contributed by atoms with Crippen LogP contribution in [0.5, 0.6) is 0 Å². The van der Waals surface area contributed by atoms with Gasteiger partial charge in [0.15, 0.2) is 0 Å². The first-order valence-corrected chi connectivity index (χ1v) is 7.10. The summed E-state index contributed by atoms with van der Waals surface area (Å²) >= 11 is 0. The minimum Gasteiger partial charge on any atom is -0.359 e. The lowest BCUT2D eigenvalue weighted by atomic mass is 9.81. The minimum atomic E-state index is 0.217. The van der Waals surface area contributed by atoms with Gasteiger partial charge in [-0.2, -0.15) is 0 Å². The minimum absolute atomic E-state index is 0.217. The molecule has 1 aromatic carbocycles. The van der Waals surface area contributed by atoms with Gasteiger partial charge in [-0.3, -0.25) is 0 Å². The third-order valence-electron chi connectivity index (χ3n) is 3.67. The molecule has 0 heterocycles. The maximum Gasteiger partial charge on any atom is 0.0419 e. The molecule has 18 heavy (non-hydrogen) atoms. The second kappa shape index (κ2) is 6.63. The number of nitrogens with one attached hydrogen (secondary N) is 1. The standard InChI is InChI=1S/C17H27N/c1-6-11-14(7-2)18-16-13-10-9-12-15(16)17(4,5)8-3/h9-13,18H,6-8H2,1-5H3/b14-11+. The summed E-state index contributed by atoms with van der Waals surface area (Å²) in [5.41, 5.74) is 4.19. The van der Waals surface area contributed by atoms with Crippen molar-refractivity contribution in [2.75, 3.05) is 5.32 Å². The molecule has 1 aromatic rings. The highest BCUT2D eigenvalue weighted by molar-refractivity contribution is 5.57. The van der Waals surface area contributed by atoms with Crippen molar-refractivity contribution in [3.63, 3.8) is 0 Å². The van der Waals surface area contributed by atoms with Crippen LogP contribution in [0.3, 0.4) is 0 Å². The number of rotatable bonds is 6. The SMILES string of the molecule is CC/C=C(\CC)Nc1ccccc1C(C)(C)CC. The van der Waals surface area contributed by atoms with Crippen molar-refractivity contribution in [2.24, 2.45) is 0 Å². The predicted octanol–water partition coefficient (Wildman–Crippen LogP) is 5.49. The highest BCUT2D eigenvalue weighted by Crippen LogP contribution is 2.33. The van der Waals surface area contributed by atoms with E-state index in [0.29, 0.717) is 0 Å². The van der Waals surface area contributed by atoms with Crippen molar-refractivity contribution >= 4 is 5.69 Å². The zero-order valence-corrected chi connectivity index (χ0v) is 12.5. The smallest absolute Gasteiger partial charge is 0.0419 e. The van der Waals surface area contributed by atoms with Crippen molar-refractivity contribution < 1.29 is 0 Å². The van der Waals surface area contributed by atoms with E-state index in [1.165, 1.54) is 16.9 Å². The van der Waals surface area contributed by atoms with Gasteiger partial charge in [0.25, 0.3) is 0 Å². The van der Waals surface area contributed by atoms with Crippen LogP contribution in [0.2, 0.25) is 0 Å². The molecule has 1 heteroatoms. The van der Waals surface area contributed by atoms with Crippen molar-refractivity contribution in [2.45, 2.75) is 59.3 Å². The van der Waals surface area contributed by atoms with Crippen molar-refractivity contribution in [3.05, 3.63) is 41.6 Å². The van der Waals surface area contributed by atoms with Gasteiger partial charge in [0.1, 0.15) is 0 Å². The van der Waals surface area contributed by atoms with Crippen molar-refractivity contribution in [3.8, 4) is 0 Å². The fourth-order valence-electron chi connectivity index (χ4n) is 2.08. The number of para-hydroxylation sites is 1. The van der Waals surface area contributed by atoms with Crippen LogP contribution in [-0.4, -0.2) is 0 Å². The maximum atomic E-state index is 3.60. The molecule has 0 saturated heterocycles. The average Bonchev–Trinajstić information content (AvgIpc) is 2.38. The first-order chi connectivity index (χ1) is 8.55. The summed E-state index contributed by atoms with van der Waals surface area (Å²) in [5.74, 6) is 0. The lowest BCUT2D eigenvalue weighted by Gasteiger charge is -2.27. The van der Waals surface area contributed by atoms with E-state index >= 15 is 0 Å². The Morgan fingerprint density at radius 1 is 1.17 bits per heavy atom. The number of benzene rings is 1. The van der Waals surface area contributed by atoms with E-state index in [-0.39, 0.29) is 5.41 Å². The first-order valence-electron chi connectivity index (χ1n) is 7.10. The molecule has 0 aliphatic carbocycles. The van der Waals surface area contributed by atoms with E-state index in [1.807, 2.05) is 0 Å².